The Labute approximate surface area is 145 Å². The van der Waals surface area contributed by atoms with E-state index in [9.17, 15) is 8.42 Å². The van der Waals surface area contributed by atoms with Crippen LogP contribution in [0.3, 0.4) is 0 Å². The fraction of sp³-hybridized carbons (Fsp3) is 0.812. The van der Waals surface area contributed by atoms with Crippen LogP contribution in [-0.4, -0.2) is 67.1 Å². The molecule has 1 heterocycles. The summed E-state index contributed by atoms with van der Waals surface area (Å²) >= 11 is 0. The zero-order valence-corrected chi connectivity index (χ0v) is 16.3. The molecule has 24 heavy (non-hydrogen) atoms. The third-order valence-electron chi connectivity index (χ3n) is 3.57. The first-order valence-electron chi connectivity index (χ1n) is 8.24. The van der Waals surface area contributed by atoms with Crippen molar-refractivity contribution in [3.05, 3.63) is 11.9 Å². The SMILES string of the molecule is CCN(CCO)Cc1cnc(S(=O)(=O)CC(C)(C)C)n1CCOC. The summed E-state index contributed by atoms with van der Waals surface area (Å²) in [5.41, 5.74) is 0.471. The summed E-state index contributed by atoms with van der Waals surface area (Å²) in [6.07, 6.45) is 1.62. The van der Waals surface area contributed by atoms with Gasteiger partial charge in [-0.25, -0.2) is 13.4 Å². The van der Waals surface area contributed by atoms with Crippen LogP contribution in [0.2, 0.25) is 0 Å². The number of likely N-dealkylation sites (N-methyl/N-ethyl adjacent to an activating group) is 1. The second-order valence-electron chi connectivity index (χ2n) is 7.09. The molecule has 140 valence electrons. The molecular formula is C16H31N3O4S. The van der Waals surface area contributed by atoms with Crippen molar-refractivity contribution in [2.24, 2.45) is 5.41 Å². The zero-order valence-electron chi connectivity index (χ0n) is 15.4. The summed E-state index contributed by atoms with van der Waals surface area (Å²) in [5, 5.41) is 9.24. The summed E-state index contributed by atoms with van der Waals surface area (Å²) in [4.78, 5) is 6.24. The fourth-order valence-corrected chi connectivity index (χ4v) is 4.57. The number of aliphatic hydroxyl groups is 1. The summed E-state index contributed by atoms with van der Waals surface area (Å²) in [7, 11) is -1.90. The number of imidazole rings is 1. The molecule has 0 aromatic carbocycles. The fourth-order valence-electron chi connectivity index (χ4n) is 2.54. The number of methoxy groups -OCH3 is 1. The van der Waals surface area contributed by atoms with E-state index in [1.807, 2.05) is 32.6 Å². The number of hydrogen-bond acceptors (Lipinski definition) is 6. The lowest BCUT2D eigenvalue weighted by Gasteiger charge is -2.21. The van der Waals surface area contributed by atoms with Crippen LogP contribution >= 0.6 is 0 Å². The highest BCUT2D eigenvalue weighted by Crippen LogP contribution is 2.22. The minimum absolute atomic E-state index is 0.0393. The lowest BCUT2D eigenvalue weighted by Crippen LogP contribution is -2.29. The monoisotopic (exact) mass is 361 g/mol. The number of nitrogens with zero attached hydrogens (tertiary/aromatic N) is 3. The number of aliphatic hydroxyl groups excluding tert-OH is 1. The first kappa shape index (κ1) is 21.1. The van der Waals surface area contributed by atoms with Crippen LogP contribution in [0.5, 0.6) is 0 Å². The Morgan fingerprint density at radius 1 is 1.38 bits per heavy atom. The Morgan fingerprint density at radius 2 is 2.04 bits per heavy atom. The Bertz CT molecular complexity index is 605. The van der Waals surface area contributed by atoms with Crippen molar-refractivity contribution < 1.29 is 18.3 Å². The molecule has 0 aliphatic rings. The van der Waals surface area contributed by atoms with Gasteiger partial charge in [-0.15, -0.1) is 0 Å². The van der Waals surface area contributed by atoms with Gasteiger partial charge in [-0.2, -0.15) is 0 Å². The second kappa shape index (κ2) is 8.94. The molecular weight excluding hydrogens is 330 g/mol. The first-order chi connectivity index (χ1) is 11.1. The number of rotatable bonds is 10. The van der Waals surface area contributed by atoms with Gasteiger partial charge in [-0.3, -0.25) is 4.90 Å². The van der Waals surface area contributed by atoms with Gasteiger partial charge in [0.05, 0.1) is 30.9 Å². The average Bonchev–Trinajstić information content (AvgIpc) is 2.85. The molecule has 0 aliphatic carbocycles. The van der Waals surface area contributed by atoms with E-state index in [0.29, 0.717) is 26.2 Å². The predicted molar refractivity (Wildman–Crippen MR) is 93.6 cm³/mol. The van der Waals surface area contributed by atoms with E-state index in [-0.39, 0.29) is 22.9 Å². The Balaban J connectivity index is 3.17. The van der Waals surface area contributed by atoms with Crippen molar-refractivity contribution in [2.75, 3.05) is 39.2 Å². The molecule has 1 N–H and O–H groups in total. The third-order valence-corrected chi connectivity index (χ3v) is 5.70. The molecule has 0 unspecified atom stereocenters. The van der Waals surface area contributed by atoms with Crippen LogP contribution in [0.25, 0.3) is 0 Å². The van der Waals surface area contributed by atoms with Crippen molar-refractivity contribution in [3.63, 3.8) is 0 Å². The summed E-state index contributed by atoms with van der Waals surface area (Å²) in [6.45, 7) is 10.4. The molecule has 0 radical (unpaired) electrons. The second-order valence-corrected chi connectivity index (χ2v) is 8.97. The maximum atomic E-state index is 12.7. The van der Waals surface area contributed by atoms with Gasteiger partial charge in [-0.1, -0.05) is 27.7 Å². The van der Waals surface area contributed by atoms with Gasteiger partial charge in [0.25, 0.3) is 0 Å². The highest BCUT2D eigenvalue weighted by molar-refractivity contribution is 7.91. The molecule has 7 nitrogen and oxygen atoms in total. The van der Waals surface area contributed by atoms with E-state index in [1.165, 1.54) is 0 Å². The van der Waals surface area contributed by atoms with Crippen molar-refractivity contribution in [1.82, 2.24) is 14.5 Å². The molecule has 0 spiro atoms. The van der Waals surface area contributed by atoms with Crippen LogP contribution < -0.4 is 0 Å². The third kappa shape index (κ3) is 6.16. The smallest absolute Gasteiger partial charge is 0.227 e. The van der Waals surface area contributed by atoms with E-state index >= 15 is 0 Å². The molecule has 0 amide bonds. The van der Waals surface area contributed by atoms with Crippen LogP contribution in [0.1, 0.15) is 33.4 Å². The van der Waals surface area contributed by atoms with Gasteiger partial charge in [-0.05, 0) is 12.0 Å². The van der Waals surface area contributed by atoms with Crippen molar-refractivity contribution >= 4 is 9.84 Å². The standard InChI is InChI=1S/C16H31N3O4S/c1-6-18(7-9-20)12-14-11-17-15(19(14)8-10-23-5)24(21,22)13-16(2,3)4/h11,20H,6-10,12-13H2,1-5H3. The minimum Gasteiger partial charge on any atom is -0.395 e. The van der Waals surface area contributed by atoms with Gasteiger partial charge in [0, 0.05) is 26.7 Å². The largest absolute Gasteiger partial charge is 0.395 e. The molecule has 0 saturated heterocycles. The molecule has 8 heteroatoms. The number of aromatic nitrogens is 2. The van der Waals surface area contributed by atoms with E-state index in [1.54, 1.807) is 17.9 Å². The van der Waals surface area contributed by atoms with E-state index in [0.717, 1.165) is 12.2 Å². The molecule has 0 saturated carbocycles. The summed E-state index contributed by atoms with van der Waals surface area (Å²) in [6, 6.07) is 0. The molecule has 0 aliphatic heterocycles. The van der Waals surface area contributed by atoms with Crippen molar-refractivity contribution in [3.8, 4) is 0 Å². The molecule has 0 atom stereocenters. The van der Waals surface area contributed by atoms with Gasteiger partial charge in [0.2, 0.25) is 15.0 Å². The van der Waals surface area contributed by atoms with Gasteiger partial charge < -0.3 is 14.4 Å². The quantitative estimate of drug-likeness (QED) is 0.673. The highest BCUT2D eigenvalue weighted by atomic mass is 32.2. The zero-order chi connectivity index (χ0) is 18.4. The van der Waals surface area contributed by atoms with Crippen LogP contribution in [0.15, 0.2) is 11.4 Å². The lowest BCUT2D eigenvalue weighted by atomic mass is 10.0. The maximum Gasteiger partial charge on any atom is 0.227 e. The van der Waals surface area contributed by atoms with Crippen LogP contribution in [-0.2, 0) is 27.7 Å². The van der Waals surface area contributed by atoms with Gasteiger partial charge in [0.1, 0.15) is 0 Å². The van der Waals surface area contributed by atoms with Gasteiger partial charge in [0.15, 0.2) is 0 Å². The number of ether oxygens (including phenoxy) is 1. The first-order valence-corrected chi connectivity index (χ1v) is 9.89. The summed E-state index contributed by atoms with van der Waals surface area (Å²) < 4.78 is 32.3. The number of sulfone groups is 1. The molecule has 0 fully saturated rings. The lowest BCUT2D eigenvalue weighted by molar-refractivity contribution is 0.176. The normalized spacial score (nSPS) is 13.0. The molecule has 1 aromatic heterocycles. The van der Waals surface area contributed by atoms with E-state index in [2.05, 4.69) is 4.98 Å². The predicted octanol–water partition coefficient (Wildman–Crippen LogP) is 1.16. The maximum absolute atomic E-state index is 12.7. The summed E-state index contributed by atoms with van der Waals surface area (Å²) in [5.74, 6) is 0.0393. The Kier molecular flexibility index (Phi) is 7.85. The minimum atomic E-state index is -3.48. The van der Waals surface area contributed by atoms with Crippen LogP contribution in [0, 0.1) is 5.41 Å². The Morgan fingerprint density at radius 3 is 2.54 bits per heavy atom. The van der Waals surface area contributed by atoms with Crippen molar-refractivity contribution in [1.29, 1.82) is 0 Å². The molecule has 0 bridgehead atoms. The molecule has 1 rings (SSSR count). The Hall–Kier alpha value is -0.960. The molecule has 1 aromatic rings. The highest BCUT2D eigenvalue weighted by Gasteiger charge is 2.29. The number of hydrogen-bond donors (Lipinski definition) is 1. The topological polar surface area (TPSA) is 84.7 Å². The average molecular weight is 362 g/mol. The van der Waals surface area contributed by atoms with Crippen LogP contribution in [0.4, 0.5) is 0 Å². The van der Waals surface area contributed by atoms with Crippen molar-refractivity contribution in [2.45, 2.75) is 45.9 Å². The van der Waals surface area contributed by atoms with E-state index < -0.39 is 9.84 Å². The van der Waals surface area contributed by atoms with Gasteiger partial charge >= 0.3 is 0 Å². The van der Waals surface area contributed by atoms with E-state index in [4.69, 9.17) is 9.84 Å².